The van der Waals surface area contributed by atoms with Crippen molar-refractivity contribution in [3.8, 4) is 0 Å². The molecule has 1 aliphatic rings. The Hall–Kier alpha value is -2.99. The first-order valence-corrected chi connectivity index (χ1v) is 8.87. The molecule has 2 N–H and O–H groups in total. The maximum Gasteiger partial charge on any atom is 0.268 e. The van der Waals surface area contributed by atoms with Crippen molar-refractivity contribution in [3.63, 3.8) is 0 Å². The lowest BCUT2D eigenvalue weighted by molar-refractivity contribution is -0.154. The molecule has 2 aromatic rings. The molecule has 0 aromatic heterocycles. The Morgan fingerprint density at radius 1 is 1.15 bits per heavy atom. The van der Waals surface area contributed by atoms with Crippen LogP contribution < -0.4 is 5.32 Å². The van der Waals surface area contributed by atoms with Gasteiger partial charge in [0.15, 0.2) is 5.72 Å². The smallest absolute Gasteiger partial charge is 0.268 e. The first-order valence-electron chi connectivity index (χ1n) is 8.87. The third kappa shape index (κ3) is 4.41. The van der Waals surface area contributed by atoms with E-state index in [1.54, 1.807) is 38.1 Å². The van der Waals surface area contributed by atoms with Crippen LogP contribution in [0.1, 0.15) is 36.2 Å². The molecule has 0 spiro atoms. The van der Waals surface area contributed by atoms with E-state index in [1.807, 2.05) is 36.4 Å². The third-order valence-corrected chi connectivity index (χ3v) is 4.45. The fourth-order valence-electron chi connectivity index (χ4n) is 3.19. The van der Waals surface area contributed by atoms with E-state index in [0.717, 1.165) is 10.6 Å². The van der Waals surface area contributed by atoms with Gasteiger partial charge in [0.25, 0.3) is 11.8 Å². The van der Waals surface area contributed by atoms with E-state index in [4.69, 9.17) is 0 Å². The molecule has 2 aromatic carbocycles. The molecule has 27 heavy (non-hydrogen) atoms. The molecule has 1 heterocycles. The third-order valence-electron chi connectivity index (χ3n) is 4.45. The molecule has 0 saturated carbocycles. The minimum Gasteiger partial charge on any atom is -0.369 e. The Morgan fingerprint density at radius 2 is 1.74 bits per heavy atom. The lowest BCUT2D eigenvalue weighted by atomic mass is 10.0. The van der Waals surface area contributed by atoms with Crippen LogP contribution in [-0.4, -0.2) is 39.4 Å². The quantitative estimate of drug-likeness (QED) is 0.853. The van der Waals surface area contributed by atoms with Crippen LogP contribution in [-0.2, 0) is 11.2 Å². The molecule has 0 radical (unpaired) electrons. The maximum atomic E-state index is 13.1. The molecule has 2 amide bonds. The van der Waals surface area contributed by atoms with Gasteiger partial charge in [-0.25, -0.2) is 5.01 Å². The molecule has 2 atom stereocenters. The van der Waals surface area contributed by atoms with Crippen molar-refractivity contribution in [3.05, 3.63) is 71.8 Å². The highest BCUT2D eigenvalue weighted by molar-refractivity contribution is 5.98. The highest BCUT2D eigenvalue weighted by atomic mass is 16.3. The lowest BCUT2D eigenvalue weighted by Crippen LogP contribution is -2.53. The number of nitrogens with one attached hydrogen (secondary N) is 1. The number of nitrogens with zero attached hydrogens (tertiary/aromatic N) is 2. The van der Waals surface area contributed by atoms with Crippen molar-refractivity contribution < 1.29 is 14.7 Å². The van der Waals surface area contributed by atoms with Crippen LogP contribution in [0.4, 0.5) is 0 Å². The molecular weight excluding hydrogens is 342 g/mol. The maximum absolute atomic E-state index is 13.1. The second-order valence-electron chi connectivity index (χ2n) is 6.96. The van der Waals surface area contributed by atoms with Gasteiger partial charge in [-0.3, -0.25) is 9.59 Å². The van der Waals surface area contributed by atoms with Gasteiger partial charge in [-0.15, -0.1) is 0 Å². The van der Waals surface area contributed by atoms with Gasteiger partial charge in [-0.1, -0.05) is 48.5 Å². The predicted octanol–water partition coefficient (Wildman–Crippen LogP) is 2.34. The summed E-state index contributed by atoms with van der Waals surface area (Å²) in [5.41, 5.74) is 0.647. The van der Waals surface area contributed by atoms with Gasteiger partial charge in [-0.2, -0.15) is 5.10 Å². The van der Waals surface area contributed by atoms with Crippen LogP contribution in [0.2, 0.25) is 0 Å². The fraction of sp³-hybridized carbons (Fsp3) is 0.286. The molecule has 6 heteroatoms. The number of carbonyl (C=O) groups is 2. The normalized spacial score (nSPS) is 20.1. The van der Waals surface area contributed by atoms with Crippen LogP contribution in [0.5, 0.6) is 0 Å². The number of benzene rings is 2. The van der Waals surface area contributed by atoms with Crippen molar-refractivity contribution in [2.45, 2.75) is 38.5 Å². The van der Waals surface area contributed by atoms with Gasteiger partial charge in [0.1, 0.15) is 6.04 Å². The van der Waals surface area contributed by atoms with Crippen molar-refractivity contribution in [1.29, 1.82) is 0 Å². The van der Waals surface area contributed by atoms with Gasteiger partial charge < -0.3 is 10.4 Å². The van der Waals surface area contributed by atoms with Crippen LogP contribution >= 0.6 is 0 Å². The zero-order valence-electron chi connectivity index (χ0n) is 15.4. The van der Waals surface area contributed by atoms with E-state index in [9.17, 15) is 14.7 Å². The SMILES string of the molecule is CC1=NN(C(=O)[C@@H](Cc2ccccc2)NC(=O)c2ccccc2)[C@](C)(O)C1. The molecule has 0 fully saturated rings. The molecule has 140 valence electrons. The highest BCUT2D eigenvalue weighted by Crippen LogP contribution is 2.25. The van der Waals surface area contributed by atoms with E-state index >= 15 is 0 Å². The van der Waals surface area contributed by atoms with Crippen molar-refractivity contribution in [2.75, 3.05) is 0 Å². The summed E-state index contributed by atoms with van der Waals surface area (Å²) >= 11 is 0. The summed E-state index contributed by atoms with van der Waals surface area (Å²) in [6.07, 6.45) is 0.586. The minimum atomic E-state index is -1.40. The van der Waals surface area contributed by atoms with Crippen LogP contribution in [0.25, 0.3) is 0 Å². The first-order chi connectivity index (χ1) is 12.9. The Kier molecular flexibility index (Phi) is 5.37. The van der Waals surface area contributed by atoms with Crippen LogP contribution in [0.3, 0.4) is 0 Å². The number of amides is 2. The summed E-state index contributed by atoms with van der Waals surface area (Å²) in [4.78, 5) is 25.7. The van der Waals surface area contributed by atoms with Crippen molar-refractivity contribution >= 4 is 17.5 Å². The molecule has 0 unspecified atom stereocenters. The summed E-state index contributed by atoms with van der Waals surface area (Å²) in [6, 6.07) is 17.3. The molecule has 6 nitrogen and oxygen atoms in total. The minimum absolute atomic E-state index is 0.281. The zero-order chi connectivity index (χ0) is 19.4. The molecule has 0 aliphatic carbocycles. The van der Waals surface area contributed by atoms with E-state index < -0.39 is 17.7 Å². The second kappa shape index (κ2) is 7.72. The van der Waals surface area contributed by atoms with E-state index in [2.05, 4.69) is 10.4 Å². The molecule has 3 rings (SSSR count). The summed E-state index contributed by atoms with van der Waals surface area (Å²) in [6.45, 7) is 3.31. The standard InChI is InChI=1S/C21H23N3O3/c1-15-14-21(2,27)24(23-15)20(26)18(13-16-9-5-3-6-10-16)22-19(25)17-11-7-4-8-12-17/h3-12,18,27H,13-14H2,1-2H3,(H,22,25)/t18-,21-/m1/s1. The largest absolute Gasteiger partial charge is 0.369 e. The van der Waals surface area contributed by atoms with Gasteiger partial charge >= 0.3 is 0 Å². The molecule has 1 aliphatic heterocycles. The Morgan fingerprint density at radius 3 is 2.30 bits per heavy atom. The average molecular weight is 365 g/mol. The lowest BCUT2D eigenvalue weighted by Gasteiger charge is -2.30. The highest BCUT2D eigenvalue weighted by Gasteiger charge is 2.41. The van der Waals surface area contributed by atoms with Gasteiger partial charge in [0, 0.05) is 24.1 Å². The summed E-state index contributed by atoms with van der Waals surface area (Å²) < 4.78 is 0. The average Bonchev–Trinajstić information content (AvgIpc) is 2.94. The number of carbonyl (C=O) groups excluding carboxylic acids is 2. The van der Waals surface area contributed by atoms with Gasteiger partial charge in [0.2, 0.25) is 0 Å². The molecule has 0 bridgehead atoms. The van der Waals surface area contributed by atoms with Gasteiger partial charge in [0.05, 0.1) is 0 Å². The fourth-order valence-corrected chi connectivity index (χ4v) is 3.19. The summed E-state index contributed by atoms with van der Waals surface area (Å²) in [5, 5.41) is 18.6. The topological polar surface area (TPSA) is 82.0 Å². The Balaban J connectivity index is 1.85. The number of hydrogen-bond donors (Lipinski definition) is 2. The second-order valence-corrected chi connectivity index (χ2v) is 6.96. The molecular formula is C21H23N3O3. The number of hydrogen-bond acceptors (Lipinski definition) is 4. The number of rotatable bonds is 5. The summed E-state index contributed by atoms with van der Waals surface area (Å²) in [7, 11) is 0. The Labute approximate surface area is 158 Å². The monoisotopic (exact) mass is 365 g/mol. The van der Waals surface area contributed by atoms with E-state index in [1.165, 1.54) is 0 Å². The van der Waals surface area contributed by atoms with Crippen LogP contribution in [0, 0.1) is 0 Å². The zero-order valence-corrected chi connectivity index (χ0v) is 15.4. The van der Waals surface area contributed by atoms with E-state index in [0.29, 0.717) is 17.7 Å². The molecule has 0 saturated heterocycles. The van der Waals surface area contributed by atoms with Crippen molar-refractivity contribution in [1.82, 2.24) is 10.3 Å². The summed E-state index contributed by atoms with van der Waals surface area (Å²) in [5.74, 6) is -0.783. The first kappa shape index (κ1) is 18.8. The van der Waals surface area contributed by atoms with Gasteiger partial charge in [-0.05, 0) is 31.5 Å². The van der Waals surface area contributed by atoms with E-state index in [-0.39, 0.29) is 12.3 Å². The van der Waals surface area contributed by atoms with Crippen molar-refractivity contribution in [2.24, 2.45) is 5.10 Å². The number of hydrazone groups is 1. The predicted molar refractivity (Wildman–Crippen MR) is 103 cm³/mol. The van der Waals surface area contributed by atoms with Crippen LogP contribution in [0.15, 0.2) is 65.8 Å². The Bertz CT molecular complexity index is 847. The number of aliphatic hydroxyl groups is 1.